The van der Waals surface area contributed by atoms with Crippen LogP contribution in [-0.4, -0.2) is 64.9 Å². The molecule has 134 valence electrons. The van der Waals surface area contributed by atoms with Crippen LogP contribution < -0.4 is 5.32 Å². The van der Waals surface area contributed by atoms with Gasteiger partial charge in [-0.05, 0) is 26.2 Å². The smallest absolute Gasteiger partial charge is 0.0701 e. The fourth-order valence-electron chi connectivity index (χ4n) is 1.54. The van der Waals surface area contributed by atoms with Gasteiger partial charge in [-0.15, -0.1) is 0 Å². The highest BCUT2D eigenvalue weighted by molar-refractivity contribution is 4.69. The Morgan fingerprint density at radius 2 is 1.00 bits per heavy atom. The maximum absolute atomic E-state index is 5.51. The molecule has 0 aliphatic heterocycles. The number of hydrogen-bond acceptors (Lipinski definition) is 5. The summed E-state index contributed by atoms with van der Waals surface area (Å²) in [4.78, 5) is 0. The van der Waals surface area contributed by atoms with E-state index in [1.807, 2.05) is 0 Å². The summed E-state index contributed by atoms with van der Waals surface area (Å²) >= 11 is 0. The summed E-state index contributed by atoms with van der Waals surface area (Å²) in [6.45, 7) is 18.9. The number of hydrogen-bond donors (Lipinski definition) is 1. The first-order valence-corrected chi connectivity index (χ1v) is 8.27. The summed E-state index contributed by atoms with van der Waals surface area (Å²) in [7, 11) is 0. The second-order valence-electron chi connectivity index (χ2n) is 7.63. The Kier molecular flexibility index (Phi) is 12.1. The van der Waals surface area contributed by atoms with Gasteiger partial charge in [0.05, 0.1) is 52.9 Å². The summed E-state index contributed by atoms with van der Waals surface area (Å²) in [5.41, 5.74) is 0.360. The quantitative estimate of drug-likeness (QED) is 0.529. The maximum atomic E-state index is 5.51. The van der Waals surface area contributed by atoms with Crippen molar-refractivity contribution in [3.63, 3.8) is 0 Å². The van der Waals surface area contributed by atoms with Gasteiger partial charge in [-0.2, -0.15) is 0 Å². The van der Waals surface area contributed by atoms with E-state index in [9.17, 15) is 0 Å². The average Bonchev–Trinajstić information content (AvgIpc) is 2.36. The lowest BCUT2D eigenvalue weighted by atomic mass is 9.99. The number of nitrogens with one attached hydrogen (secondary N) is 1. The summed E-state index contributed by atoms with van der Waals surface area (Å²) in [5.74, 6) is 0. The van der Waals surface area contributed by atoms with Gasteiger partial charge in [0, 0.05) is 12.1 Å². The lowest BCUT2D eigenvalue weighted by molar-refractivity contribution is -0.0108. The molecule has 0 bridgehead atoms. The monoisotopic (exact) mass is 319 g/mol. The Labute approximate surface area is 137 Å². The van der Waals surface area contributed by atoms with Crippen molar-refractivity contribution in [1.29, 1.82) is 0 Å². The molecule has 0 heterocycles. The number of ether oxygens (including phenoxy) is 4. The molecule has 5 heteroatoms. The van der Waals surface area contributed by atoms with E-state index in [2.05, 4.69) is 46.9 Å². The molecule has 0 aromatic heterocycles. The molecule has 0 atom stereocenters. The normalized spacial score (nSPS) is 12.8. The van der Waals surface area contributed by atoms with Gasteiger partial charge in [-0.3, -0.25) is 0 Å². The molecule has 1 N–H and O–H groups in total. The van der Waals surface area contributed by atoms with Crippen molar-refractivity contribution < 1.29 is 18.9 Å². The van der Waals surface area contributed by atoms with Crippen LogP contribution in [0.2, 0.25) is 0 Å². The van der Waals surface area contributed by atoms with Gasteiger partial charge in [0.2, 0.25) is 0 Å². The van der Waals surface area contributed by atoms with Crippen molar-refractivity contribution in [3.8, 4) is 0 Å². The van der Waals surface area contributed by atoms with Crippen LogP contribution in [0.5, 0.6) is 0 Å². The Hall–Kier alpha value is -0.200. The minimum Gasteiger partial charge on any atom is -0.379 e. The lowest BCUT2D eigenvalue weighted by Gasteiger charge is -2.20. The van der Waals surface area contributed by atoms with Crippen molar-refractivity contribution in [3.05, 3.63) is 0 Å². The predicted molar refractivity (Wildman–Crippen MR) is 90.5 cm³/mol. The molecular weight excluding hydrogens is 282 g/mol. The Bertz CT molecular complexity index is 220. The molecule has 0 rings (SSSR count). The van der Waals surface area contributed by atoms with Gasteiger partial charge in [0.25, 0.3) is 0 Å². The minimum atomic E-state index is 0.147. The van der Waals surface area contributed by atoms with Gasteiger partial charge in [-0.25, -0.2) is 0 Å². The molecule has 0 spiro atoms. The molecule has 0 unspecified atom stereocenters. The second kappa shape index (κ2) is 12.3. The SMILES string of the molecule is CC(C)(C)COCCOCCOCCOCCNC(C)(C)C. The zero-order valence-corrected chi connectivity index (χ0v) is 15.5. The summed E-state index contributed by atoms with van der Waals surface area (Å²) in [6, 6.07) is 0. The van der Waals surface area contributed by atoms with Gasteiger partial charge in [-0.1, -0.05) is 20.8 Å². The first-order valence-electron chi connectivity index (χ1n) is 8.27. The average molecular weight is 319 g/mol. The fraction of sp³-hybridized carbons (Fsp3) is 1.00. The van der Waals surface area contributed by atoms with Crippen molar-refractivity contribution in [2.45, 2.75) is 47.1 Å². The Morgan fingerprint density at radius 1 is 0.591 bits per heavy atom. The van der Waals surface area contributed by atoms with Crippen LogP contribution in [0.15, 0.2) is 0 Å². The van der Waals surface area contributed by atoms with Crippen LogP contribution >= 0.6 is 0 Å². The van der Waals surface area contributed by atoms with E-state index < -0.39 is 0 Å². The topological polar surface area (TPSA) is 49.0 Å². The molecule has 0 aromatic carbocycles. The molecule has 0 saturated carbocycles. The van der Waals surface area contributed by atoms with E-state index >= 15 is 0 Å². The Morgan fingerprint density at radius 3 is 1.41 bits per heavy atom. The van der Waals surface area contributed by atoms with E-state index in [1.165, 1.54) is 0 Å². The van der Waals surface area contributed by atoms with Crippen molar-refractivity contribution in [1.82, 2.24) is 5.32 Å². The molecule has 0 fully saturated rings. The van der Waals surface area contributed by atoms with E-state index in [0.29, 0.717) is 46.2 Å². The second-order valence-corrected chi connectivity index (χ2v) is 7.63. The molecule has 0 aliphatic rings. The largest absolute Gasteiger partial charge is 0.379 e. The molecule has 0 aliphatic carbocycles. The molecular formula is C17H37NO4. The standard InChI is InChI=1S/C17H37NO4/c1-16(2,3)15-22-14-13-21-12-11-20-10-9-19-8-7-18-17(4,5)6/h18H,7-15H2,1-6H3. The molecule has 0 radical (unpaired) electrons. The van der Waals surface area contributed by atoms with E-state index in [4.69, 9.17) is 18.9 Å². The van der Waals surface area contributed by atoms with Gasteiger partial charge in [0.1, 0.15) is 0 Å². The van der Waals surface area contributed by atoms with Gasteiger partial charge < -0.3 is 24.3 Å². The van der Waals surface area contributed by atoms with Crippen LogP contribution in [0, 0.1) is 5.41 Å². The van der Waals surface area contributed by atoms with Crippen LogP contribution in [0.25, 0.3) is 0 Å². The third kappa shape index (κ3) is 19.8. The van der Waals surface area contributed by atoms with Crippen LogP contribution in [0.3, 0.4) is 0 Å². The Balaban J connectivity index is 3.09. The van der Waals surface area contributed by atoms with Crippen molar-refractivity contribution in [2.75, 3.05) is 59.4 Å². The highest BCUT2D eigenvalue weighted by Crippen LogP contribution is 2.12. The zero-order chi connectivity index (χ0) is 16.9. The minimum absolute atomic E-state index is 0.147. The maximum Gasteiger partial charge on any atom is 0.0701 e. The zero-order valence-electron chi connectivity index (χ0n) is 15.5. The molecule has 0 aromatic rings. The fourth-order valence-corrected chi connectivity index (χ4v) is 1.54. The molecule has 0 saturated heterocycles. The first kappa shape index (κ1) is 21.8. The molecule has 0 amide bonds. The highest BCUT2D eigenvalue weighted by Gasteiger charge is 2.09. The van der Waals surface area contributed by atoms with E-state index in [0.717, 1.165) is 13.2 Å². The summed E-state index contributed by atoms with van der Waals surface area (Å²) < 4.78 is 21.8. The van der Waals surface area contributed by atoms with Crippen LogP contribution in [0.1, 0.15) is 41.5 Å². The van der Waals surface area contributed by atoms with E-state index in [1.54, 1.807) is 0 Å². The predicted octanol–water partition coefficient (Wildman–Crippen LogP) is 2.49. The first-order chi connectivity index (χ1) is 10.2. The van der Waals surface area contributed by atoms with Crippen LogP contribution in [0.4, 0.5) is 0 Å². The summed E-state index contributed by atoms with van der Waals surface area (Å²) in [5, 5.41) is 3.37. The highest BCUT2D eigenvalue weighted by atomic mass is 16.6. The van der Waals surface area contributed by atoms with Gasteiger partial charge >= 0.3 is 0 Å². The molecule has 22 heavy (non-hydrogen) atoms. The van der Waals surface area contributed by atoms with Crippen molar-refractivity contribution >= 4 is 0 Å². The van der Waals surface area contributed by atoms with E-state index in [-0.39, 0.29) is 11.0 Å². The lowest BCUT2D eigenvalue weighted by Crippen LogP contribution is -2.38. The van der Waals surface area contributed by atoms with Gasteiger partial charge in [0.15, 0.2) is 0 Å². The summed E-state index contributed by atoms with van der Waals surface area (Å²) in [6.07, 6.45) is 0. The third-order valence-corrected chi connectivity index (χ3v) is 2.55. The molecule has 5 nitrogen and oxygen atoms in total. The number of rotatable bonds is 13. The van der Waals surface area contributed by atoms with Crippen molar-refractivity contribution in [2.24, 2.45) is 5.41 Å². The van der Waals surface area contributed by atoms with Crippen LogP contribution in [-0.2, 0) is 18.9 Å². The third-order valence-electron chi connectivity index (χ3n) is 2.55.